The summed E-state index contributed by atoms with van der Waals surface area (Å²) in [4.78, 5) is 2.45. The highest BCUT2D eigenvalue weighted by atomic mass is 16.3. The zero-order chi connectivity index (χ0) is 14.1. The van der Waals surface area contributed by atoms with E-state index in [2.05, 4.69) is 37.1 Å². The van der Waals surface area contributed by atoms with Gasteiger partial charge in [-0.3, -0.25) is 4.90 Å². The van der Waals surface area contributed by atoms with Crippen molar-refractivity contribution < 1.29 is 4.42 Å². The molecule has 0 spiro atoms. The third kappa shape index (κ3) is 2.60. The maximum atomic E-state index is 6.00. The van der Waals surface area contributed by atoms with E-state index in [0.29, 0.717) is 18.1 Å². The SMILES string of the molecule is CC(c1cc2ccccc2o1)N(C)C1CCC(N)CC1. The Morgan fingerprint density at radius 2 is 1.90 bits per heavy atom. The van der Waals surface area contributed by atoms with Gasteiger partial charge in [-0.1, -0.05) is 18.2 Å². The Morgan fingerprint density at radius 1 is 1.20 bits per heavy atom. The molecule has 3 rings (SSSR count). The molecule has 3 nitrogen and oxygen atoms in total. The molecule has 1 aromatic heterocycles. The lowest BCUT2D eigenvalue weighted by Crippen LogP contribution is -2.39. The molecule has 3 heteroatoms. The summed E-state index contributed by atoms with van der Waals surface area (Å²) in [7, 11) is 2.21. The molecule has 1 unspecified atom stereocenters. The first-order chi connectivity index (χ1) is 9.65. The van der Waals surface area contributed by atoms with E-state index in [9.17, 15) is 0 Å². The van der Waals surface area contributed by atoms with Gasteiger partial charge >= 0.3 is 0 Å². The number of rotatable bonds is 3. The van der Waals surface area contributed by atoms with E-state index in [-0.39, 0.29) is 0 Å². The van der Waals surface area contributed by atoms with E-state index in [1.807, 2.05) is 12.1 Å². The van der Waals surface area contributed by atoms with Gasteiger partial charge in [0.25, 0.3) is 0 Å². The molecule has 1 aromatic carbocycles. The first-order valence-corrected chi connectivity index (χ1v) is 7.61. The highest BCUT2D eigenvalue weighted by Gasteiger charge is 2.26. The topological polar surface area (TPSA) is 42.4 Å². The Hall–Kier alpha value is -1.32. The molecule has 20 heavy (non-hydrogen) atoms. The van der Waals surface area contributed by atoms with Crippen LogP contribution in [0.2, 0.25) is 0 Å². The molecule has 1 atom stereocenters. The van der Waals surface area contributed by atoms with E-state index in [1.54, 1.807) is 0 Å². The van der Waals surface area contributed by atoms with Crippen LogP contribution in [0.1, 0.15) is 44.4 Å². The van der Waals surface area contributed by atoms with Gasteiger partial charge in [0.15, 0.2) is 0 Å². The number of benzene rings is 1. The molecule has 108 valence electrons. The smallest absolute Gasteiger partial charge is 0.134 e. The quantitative estimate of drug-likeness (QED) is 0.926. The molecule has 1 fully saturated rings. The Kier molecular flexibility index (Phi) is 3.81. The van der Waals surface area contributed by atoms with E-state index < -0.39 is 0 Å². The maximum absolute atomic E-state index is 6.00. The molecule has 1 aliphatic carbocycles. The van der Waals surface area contributed by atoms with E-state index in [0.717, 1.165) is 24.2 Å². The van der Waals surface area contributed by atoms with Crippen molar-refractivity contribution in [2.45, 2.75) is 50.7 Å². The molecule has 1 saturated carbocycles. The molecule has 2 aromatic rings. The Labute approximate surface area is 120 Å². The van der Waals surface area contributed by atoms with E-state index >= 15 is 0 Å². The predicted octanol–water partition coefficient (Wildman–Crippen LogP) is 3.70. The number of hydrogen-bond donors (Lipinski definition) is 1. The summed E-state index contributed by atoms with van der Waals surface area (Å²) in [5.74, 6) is 1.06. The second-order valence-electron chi connectivity index (χ2n) is 6.10. The molecule has 0 saturated heterocycles. The van der Waals surface area contributed by atoms with Crippen LogP contribution in [0, 0.1) is 0 Å². The van der Waals surface area contributed by atoms with Crippen LogP contribution in [0.3, 0.4) is 0 Å². The molecule has 1 aliphatic rings. The van der Waals surface area contributed by atoms with Gasteiger partial charge in [0.05, 0.1) is 6.04 Å². The first kappa shape index (κ1) is 13.7. The zero-order valence-electron chi connectivity index (χ0n) is 12.4. The van der Waals surface area contributed by atoms with Crippen LogP contribution in [0.5, 0.6) is 0 Å². The standard InChI is InChI=1S/C17H24N2O/c1-12(19(2)15-9-7-14(18)8-10-15)17-11-13-5-3-4-6-16(13)20-17/h3-6,11-12,14-15H,7-10,18H2,1-2H3. The summed E-state index contributed by atoms with van der Waals surface area (Å²) in [5, 5.41) is 1.19. The zero-order valence-corrected chi connectivity index (χ0v) is 12.4. The molecule has 0 aliphatic heterocycles. The van der Waals surface area contributed by atoms with Crippen LogP contribution >= 0.6 is 0 Å². The molecular formula is C17H24N2O. The van der Waals surface area contributed by atoms with Gasteiger partial charge in [0.2, 0.25) is 0 Å². The minimum atomic E-state index is 0.307. The van der Waals surface area contributed by atoms with Crippen LogP contribution in [0.15, 0.2) is 34.7 Å². The largest absolute Gasteiger partial charge is 0.459 e. The number of hydrogen-bond acceptors (Lipinski definition) is 3. The molecule has 0 amide bonds. The van der Waals surface area contributed by atoms with Crippen LogP contribution < -0.4 is 5.73 Å². The normalized spacial score (nSPS) is 25.2. The van der Waals surface area contributed by atoms with Crippen molar-refractivity contribution >= 4 is 11.0 Å². The first-order valence-electron chi connectivity index (χ1n) is 7.61. The fraction of sp³-hybridized carbons (Fsp3) is 0.529. The van der Waals surface area contributed by atoms with Crippen LogP contribution in [0.25, 0.3) is 11.0 Å². The van der Waals surface area contributed by atoms with Crippen LogP contribution in [0.4, 0.5) is 0 Å². The van der Waals surface area contributed by atoms with Crippen molar-refractivity contribution in [1.29, 1.82) is 0 Å². The number of para-hydroxylation sites is 1. The van der Waals surface area contributed by atoms with Gasteiger partial charge < -0.3 is 10.2 Å². The lowest BCUT2D eigenvalue weighted by atomic mass is 9.90. The second kappa shape index (κ2) is 5.58. The monoisotopic (exact) mass is 272 g/mol. The van der Waals surface area contributed by atoms with E-state index in [1.165, 1.54) is 18.2 Å². The average Bonchev–Trinajstić information content (AvgIpc) is 2.90. The summed E-state index contributed by atoms with van der Waals surface area (Å²) in [6, 6.07) is 11.7. The number of nitrogens with two attached hydrogens (primary N) is 1. The molecule has 0 bridgehead atoms. The highest BCUT2D eigenvalue weighted by molar-refractivity contribution is 5.77. The Morgan fingerprint density at radius 3 is 2.60 bits per heavy atom. The van der Waals surface area contributed by atoms with Gasteiger partial charge in [-0.15, -0.1) is 0 Å². The van der Waals surface area contributed by atoms with Crippen molar-refractivity contribution in [2.75, 3.05) is 7.05 Å². The van der Waals surface area contributed by atoms with Crippen molar-refractivity contribution in [1.82, 2.24) is 4.90 Å². The minimum absolute atomic E-state index is 0.307. The fourth-order valence-electron chi connectivity index (χ4n) is 3.23. The number of nitrogens with zero attached hydrogens (tertiary/aromatic N) is 1. The Balaban J connectivity index is 1.75. The van der Waals surface area contributed by atoms with Crippen molar-refractivity contribution in [2.24, 2.45) is 5.73 Å². The van der Waals surface area contributed by atoms with Gasteiger partial charge in [0, 0.05) is 17.5 Å². The summed E-state index contributed by atoms with van der Waals surface area (Å²) in [6.45, 7) is 2.23. The summed E-state index contributed by atoms with van der Waals surface area (Å²) >= 11 is 0. The highest BCUT2D eigenvalue weighted by Crippen LogP contribution is 2.31. The lowest BCUT2D eigenvalue weighted by molar-refractivity contribution is 0.129. The molecule has 2 N–H and O–H groups in total. The van der Waals surface area contributed by atoms with Crippen molar-refractivity contribution in [3.05, 3.63) is 36.1 Å². The fourth-order valence-corrected chi connectivity index (χ4v) is 3.23. The van der Waals surface area contributed by atoms with Crippen molar-refractivity contribution in [3.63, 3.8) is 0 Å². The van der Waals surface area contributed by atoms with Gasteiger partial charge in [-0.25, -0.2) is 0 Å². The average molecular weight is 272 g/mol. The molecule has 1 heterocycles. The number of fused-ring (bicyclic) bond motifs is 1. The van der Waals surface area contributed by atoms with Crippen molar-refractivity contribution in [3.8, 4) is 0 Å². The van der Waals surface area contributed by atoms with Gasteiger partial charge in [-0.05, 0) is 51.8 Å². The Bertz CT molecular complexity index is 536. The van der Waals surface area contributed by atoms with Gasteiger partial charge in [0.1, 0.15) is 11.3 Å². The minimum Gasteiger partial charge on any atom is -0.459 e. The second-order valence-corrected chi connectivity index (χ2v) is 6.10. The number of furan rings is 1. The maximum Gasteiger partial charge on any atom is 0.134 e. The molecular weight excluding hydrogens is 248 g/mol. The third-order valence-electron chi connectivity index (χ3n) is 4.78. The third-order valence-corrected chi connectivity index (χ3v) is 4.78. The van der Waals surface area contributed by atoms with E-state index in [4.69, 9.17) is 10.2 Å². The van der Waals surface area contributed by atoms with Crippen LogP contribution in [-0.2, 0) is 0 Å². The summed E-state index contributed by atoms with van der Waals surface area (Å²) in [6.07, 6.45) is 4.67. The lowest BCUT2D eigenvalue weighted by Gasteiger charge is -2.36. The van der Waals surface area contributed by atoms with Gasteiger partial charge in [-0.2, -0.15) is 0 Å². The predicted molar refractivity (Wildman–Crippen MR) is 82.6 cm³/mol. The summed E-state index contributed by atoms with van der Waals surface area (Å²) < 4.78 is 6.00. The summed E-state index contributed by atoms with van der Waals surface area (Å²) in [5.41, 5.74) is 6.98. The molecule has 0 radical (unpaired) electrons. The van der Waals surface area contributed by atoms with Crippen LogP contribution in [-0.4, -0.2) is 24.0 Å².